The van der Waals surface area contributed by atoms with Gasteiger partial charge < -0.3 is 14.5 Å². The highest BCUT2D eigenvalue weighted by atomic mass is 35.5. The minimum atomic E-state index is -0.582. The fourth-order valence-electron chi connectivity index (χ4n) is 3.69. The monoisotopic (exact) mass is 487 g/mol. The van der Waals surface area contributed by atoms with Gasteiger partial charge in [-0.25, -0.2) is 4.98 Å². The lowest BCUT2D eigenvalue weighted by Crippen LogP contribution is -2.35. The van der Waals surface area contributed by atoms with E-state index in [0.717, 1.165) is 35.2 Å². The quantitative estimate of drug-likeness (QED) is 0.381. The van der Waals surface area contributed by atoms with Gasteiger partial charge in [0.25, 0.3) is 11.6 Å². The average Bonchev–Trinajstić information content (AvgIpc) is 3.13. The van der Waals surface area contributed by atoms with Gasteiger partial charge >= 0.3 is 0 Å². The largest absolute Gasteiger partial charge is 0.497 e. The second-order valence-electron chi connectivity index (χ2n) is 7.58. The second-order valence-corrected chi connectivity index (χ2v) is 8.72. The molecule has 0 bridgehead atoms. The third kappa shape index (κ3) is 5.40. The fourth-order valence-corrected chi connectivity index (χ4v) is 4.61. The van der Waals surface area contributed by atoms with E-state index in [1.807, 2.05) is 24.3 Å². The average molecular weight is 488 g/mol. The predicted octanol–water partition coefficient (Wildman–Crippen LogP) is 4.05. The summed E-state index contributed by atoms with van der Waals surface area (Å²) in [5.74, 6) is 1.30. The van der Waals surface area contributed by atoms with Crippen molar-refractivity contribution in [1.82, 2.24) is 14.3 Å². The third-order valence-electron chi connectivity index (χ3n) is 5.40. The van der Waals surface area contributed by atoms with Crippen molar-refractivity contribution in [2.45, 2.75) is 12.8 Å². The highest BCUT2D eigenvalue weighted by Gasteiger charge is 2.24. The van der Waals surface area contributed by atoms with Crippen LogP contribution in [-0.2, 0) is 6.42 Å². The molecule has 2 aromatic carbocycles. The van der Waals surface area contributed by atoms with Crippen LogP contribution in [0.25, 0.3) is 0 Å². The summed E-state index contributed by atoms with van der Waals surface area (Å²) < 4.78 is 9.77. The summed E-state index contributed by atoms with van der Waals surface area (Å²) >= 11 is 7.22. The van der Waals surface area contributed by atoms with Gasteiger partial charge in [-0.2, -0.15) is 4.37 Å². The maximum absolute atomic E-state index is 12.9. The zero-order chi connectivity index (χ0) is 23.4. The lowest BCUT2D eigenvalue weighted by Gasteiger charge is -2.21. The van der Waals surface area contributed by atoms with Crippen LogP contribution in [-0.4, -0.2) is 58.4 Å². The first kappa shape index (κ1) is 22.9. The van der Waals surface area contributed by atoms with Crippen molar-refractivity contribution in [2.75, 3.05) is 38.2 Å². The summed E-state index contributed by atoms with van der Waals surface area (Å²) in [6.07, 6.45) is 1.37. The van der Waals surface area contributed by atoms with Crippen LogP contribution in [0.3, 0.4) is 0 Å². The highest BCUT2D eigenvalue weighted by Crippen LogP contribution is 2.26. The number of nitrogens with zero attached hydrogens (tertiary/aromatic N) is 5. The van der Waals surface area contributed by atoms with Gasteiger partial charge in [-0.15, -0.1) is 0 Å². The van der Waals surface area contributed by atoms with Gasteiger partial charge in [0, 0.05) is 55.8 Å². The Labute approximate surface area is 199 Å². The number of nitro benzene ring substituents is 1. The second kappa shape index (κ2) is 10.1. The molecule has 1 saturated heterocycles. The van der Waals surface area contributed by atoms with Crippen molar-refractivity contribution < 1.29 is 14.5 Å². The molecule has 0 radical (unpaired) electrons. The first-order valence-electron chi connectivity index (χ1n) is 10.4. The van der Waals surface area contributed by atoms with Gasteiger partial charge in [0.1, 0.15) is 16.6 Å². The molecule has 11 heteroatoms. The molecule has 3 aromatic rings. The number of carbonyl (C=O) groups is 1. The third-order valence-corrected chi connectivity index (χ3v) is 6.53. The molecule has 1 aliphatic heterocycles. The van der Waals surface area contributed by atoms with E-state index >= 15 is 0 Å². The van der Waals surface area contributed by atoms with Gasteiger partial charge in [0.2, 0.25) is 5.13 Å². The van der Waals surface area contributed by atoms with Crippen molar-refractivity contribution >= 4 is 39.9 Å². The fraction of sp³-hybridized carbons (Fsp3) is 0.318. The Morgan fingerprint density at radius 2 is 2.06 bits per heavy atom. The molecule has 0 aliphatic carbocycles. The predicted molar refractivity (Wildman–Crippen MR) is 127 cm³/mol. The van der Waals surface area contributed by atoms with Crippen molar-refractivity contribution in [3.05, 3.63) is 74.6 Å². The van der Waals surface area contributed by atoms with Crippen LogP contribution in [0, 0.1) is 10.1 Å². The molecular weight excluding hydrogens is 466 g/mol. The number of rotatable bonds is 6. The number of benzene rings is 2. The van der Waals surface area contributed by atoms with Crippen LogP contribution in [0.2, 0.25) is 5.02 Å². The molecule has 2 heterocycles. The minimum absolute atomic E-state index is 0.0135. The summed E-state index contributed by atoms with van der Waals surface area (Å²) in [6.45, 7) is 2.40. The van der Waals surface area contributed by atoms with E-state index in [0.29, 0.717) is 26.1 Å². The number of ether oxygens (including phenoxy) is 1. The van der Waals surface area contributed by atoms with E-state index in [1.165, 1.54) is 29.7 Å². The molecule has 1 aromatic heterocycles. The van der Waals surface area contributed by atoms with Gasteiger partial charge in [-0.1, -0.05) is 23.7 Å². The maximum Gasteiger partial charge on any atom is 0.288 e. The molecule has 0 unspecified atom stereocenters. The molecule has 1 aliphatic rings. The van der Waals surface area contributed by atoms with Crippen molar-refractivity contribution in [3.63, 3.8) is 0 Å². The first-order valence-corrected chi connectivity index (χ1v) is 11.5. The highest BCUT2D eigenvalue weighted by molar-refractivity contribution is 7.09. The van der Waals surface area contributed by atoms with Crippen LogP contribution in [0.15, 0.2) is 42.5 Å². The number of amides is 1. The molecule has 0 atom stereocenters. The molecule has 33 heavy (non-hydrogen) atoms. The Hall–Kier alpha value is -3.24. The topological polar surface area (TPSA) is 102 Å². The number of carbonyl (C=O) groups excluding carboxylic acids is 1. The summed E-state index contributed by atoms with van der Waals surface area (Å²) in [4.78, 5) is 32.1. The zero-order valence-electron chi connectivity index (χ0n) is 17.9. The van der Waals surface area contributed by atoms with E-state index < -0.39 is 4.92 Å². The van der Waals surface area contributed by atoms with Crippen LogP contribution in [0.5, 0.6) is 5.75 Å². The van der Waals surface area contributed by atoms with Crippen LogP contribution in [0.4, 0.5) is 10.8 Å². The number of hydrogen-bond donors (Lipinski definition) is 0. The standard InChI is InChI=1S/C22H22ClN5O4S/c1-32-17-5-2-4-15(12-17)13-20-24-22(33-25-20)27-9-3-8-26(10-11-27)21(29)16-6-7-18(23)19(14-16)28(30)31/h2,4-7,12,14H,3,8-11,13H2,1H3. The van der Waals surface area contributed by atoms with Crippen molar-refractivity contribution in [3.8, 4) is 5.75 Å². The van der Waals surface area contributed by atoms with Gasteiger partial charge in [0.15, 0.2) is 0 Å². The van der Waals surface area contributed by atoms with Crippen LogP contribution >= 0.6 is 23.1 Å². The maximum atomic E-state index is 12.9. The molecule has 1 fully saturated rings. The summed E-state index contributed by atoms with van der Waals surface area (Å²) in [5, 5.41) is 12.0. The van der Waals surface area contributed by atoms with E-state index in [1.54, 1.807) is 12.0 Å². The smallest absolute Gasteiger partial charge is 0.288 e. The molecule has 1 amide bonds. The Balaban J connectivity index is 1.41. The van der Waals surface area contributed by atoms with Gasteiger partial charge in [-0.3, -0.25) is 14.9 Å². The number of methoxy groups -OCH3 is 1. The normalized spacial score (nSPS) is 14.1. The SMILES string of the molecule is COc1cccc(Cc2nsc(N3CCCN(C(=O)c4ccc(Cl)c([N+](=O)[O-])c4)CC3)n2)c1. The molecule has 0 N–H and O–H groups in total. The number of halogens is 1. The van der Waals surface area contributed by atoms with Gasteiger partial charge in [0.05, 0.1) is 12.0 Å². The Morgan fingerprint density at radius 3 is 2.85 bits per heavy atom. The van der Waals surface area contributed by atoms with Crippen LogP contribution in [0.1, 0.15) is 28.2 Å². The lowest BCUT2D eigenvalue weighted by atomic mass is 10.1. The molecule has 0 spiro atoms. The van der Waals surface area contributed by atoms with Crippen molar-refractivity contribution in [1.29, 1.82) is 0 Å². The van der Waals surface area contributed by atoms with E-state index in [4.69, 9.17) is 21.3 Å². The zero-order valence-corrected chi connectivity index (χ0v) is 19.5. The molecule has 172 valence electrons. The lowest BCUT2D eigenvalue weighted by molar-refractivity contribution is -0.384. The minimum Gasteiger partial charge on any atom is -0.497 e. The number of hydrogen-bond acceptors (Lipinski definition) is 8. The molecule has 9 nitrogen and oxygen atoms in total. The number of anilines is 1. The molecular formula is C22H22ClN5O4S. The number of nitro groups is 1. The molecule has 0 saturated carbocycles. The van der Waals surface area contributed by atoms with Crippen molar-refractivity contribution in [2.24, 2.45) is 0 Å². The Kier molecular flexibility index (Phi) is 7.05. The summed E-state index contributed by atoms with van der Waals surface area (Å²) in [6, 6.07) is 12.0. The van der Waals surface area contributed by atoms with E-state index in [9.17, 15) is 14.9 Å². The van der Waals surface area contributed by atoms with E-state index in [2.05, 4.69) is 9.27 Å². The summed E-state index contributed by atoms with van der Waals surface area (Å²) in [5.41, 5.74) is 1.07. The van der Waals surface area contributed by atoms with E-state index in [-0.39, 0.29) is 22.2 Å². The Morgan fingerprint density at radius 1 is 1.21 bits per heavy atom. The van der Waals surface area contributed by atoms with Gasteiger partial charge in [-0.05, 0) is 36.2 Å². The summed E-state index contributed by atoms with van der Waals surface area (Å²) in [7, 11) is 1.64. The van der Waals surface area contributed by atoms with Crippen LogP contribution < -0.4 is 9.64 Å². The number of aromatic nitrogens is 2. The first-order chi connectivity index (χ1) is 15.9. The molecule has 4 rings (SSSR count). The Bertz CT molecular complexity index is 1170.